The molecule has 0 unspecified atom stereocenters. The number of aryl methyl sites for hydroxylation is 1. The highest BCUT2D eigenvalue weighted by molar-refractivity contribution is 5.98. The Bertz CT molecular complexity index is 1090. The van der Waals surface area contributed by atoms with Crippen molar-refractivity contribution in [3.05, 3.63) is 90.0 Å². The second-order valence-corrected chi connectivity index (χ2v) is 9.15. The fourth-order valence-corrected chi connectivity index (χ4v) is 3.35. The Morgan fingerprint density at radius 1 is 0.853 bits per heavy atom. The Balaban J connectivity index is 1.45. The van der Waals surface area contributed by atoms with Crippen LogP contribution in [0.5, 0.6) is 5.75 Å². The molecule has 2 amide bonds. The number of hydrogen-bond acceptors (Lipinski definition) is 4. The van der Waals surface area contributed by atoms with Crippen molar-refractivity contribution in [2.24, 2.45) is 0 Å². The van der Waals surface area contributed by atoms with Gasteiger partial charge in [-0.25, -0.2) is 0 Å². The molecule has 6 nitrogen and oxygen atoms in total. The summed E-state index contributed by atoms with van der Waals surface area (Å²) in [5, 5.41) is 8.87. The molecule has 0 fully saturated rings. The molecular formula is C28H33N3O3. The largest absolute Gasteiger partial charge is 0.494 e. The van der Waals surface area contributed by atoms with Crippen LogP contribution in [0, 0.1) is 0 Å². The minimum absolute atomic E-state index is 0.0931. The molecule has 3 aromatic rings. The topological polar surface area (TPSA) is 79.5 Å². The van der Waals surface area contributed by atoms with Crippen molar-refractivity contribution in [3.8, 4) is 5.75 Å². The Kier molecular flexibility index (Phi) is 8.68. The van der Waals surface area contributed by atoms with E-state index in [1.165, 1.54) is 5.56 Å². The number of anilines is 2. The number of carbonyl (C=O) groups excluding carboxylic acids is 2. The van der Waals surface area contributed by atoms with Crippen molar-refractivity contribution in [1.82, 2.24) is 5.32 Å². The molecule has 0 atom stereocenters. The maximum absolute atomic E-state index is 12.4. The van der Waals surface area contributed by atoms with E-state index in [9.17, 15) is 9.59 Å². The van der Waals surface area contributed by atoms with E-state index in [0.29, 0.717) is 17.9 Å². The Morgan fingerprint density at radius 3 is 2.35 bits per heavy atom. The second-order valence-electron chi connectivity index (χ2n) is 9.15. The maximum Gasteiger partial charge on any atom is 0.251 e. The lowest BCUT2D eigenvalue weighted by atomic mass is 10.1. The maximum atomic E-state index is 12.4. The van der Waals surface area contributed by atoms with Crippen molar-refractivity contribution >= 4 is 23.2 Å². The molecule has 3 aromatic carbocycles. The van der Waals surface area contributed by atoms with E-state index in [1.807, 2.05) is 63.2 Å². The van der Waals surface area contributed by atoms with Crippen LogP contribution in [-0.4, -0.2) is 30.5 Å². The molecule has 6 heteroatoms. The molecule has 0 saturated heterocycles. The predicted molar refractivity (Wildman–Crippen MR) is 137 cm³/mol. The lowest BCUT2D eigenvalue weighted by Crippen LogP contribution is -2.40. The first kappa shape index (κ1) is 24.8. The smallest absolute Gasteiger partial charge is 0.251 e. The third-order valence-electron chi connectivity index (χ3n) is 4.91. The van der Waals surface area contributed by atoms with Gasteiger partial charge in [-0.05, 0) is 69.5 Å². The van der Waals surface area contributed by atoms with Gasteiger partial charge in [-0.1, -0.05) is 42.5 Å². The van der Waals surface area contributed by atoms with Crippen molar-refractivity contribution < 1.29 is 14.3 Å². The fraction of sp³-hybridized carbons (Fsp3) is 0.286. The number of rotatable bonds is 10. The zero-order chi connectivity index (χ0) is 24.4. The number of amides is 2. The van der Waals surface area contributed by atoms with Gasteiger partial charge in [-0.2, -0.15) is 0 Å². The van der Waals surface area contributed by atoms with E-state index < -0.39 is 0 Å². The predicted octanol–water partition coefficient (Wildman–Crippen LogP) is 5.28. The average Bonchev–Trinajstić information content (AvgIpc) is 2.81. The van der Waals surface area contributed by atoms with Crippen LogP contribution in [0.2, 0.25) is 0 Å². The van der Waals surface area contributed by atoms with Crippen molar-refractivity contribution in [3.63, 3.8) is 0 Å². The number of ether oxygens (including phenoxy) is 1. The van der Waals surface area contributed by atoms with Crippen LogP contribution in [0.3, 0.4) is 0 Å². The molecule has 3 rings (SSSR count). The van der Waals surface area contributed by atoms with Gasteiger partial charge in [0.15, 0.2) is 0 Å². The van der Waals surface area contributed by atoms with Crippen molar-refractivity contribution in [2.45, 2.75) is 39.2 Å². The molecule has 0 aromatic heterocycles. The number of nitrogens with one attached hydrogen (secondary N) is 3. The summed E-state index contributed by atoms with van der Waals surface area (Å²) >= 11 is 0. The molecule has 0 spiro atoms. The van der Waals surface area contributed by atoms with Crippen LogP contribution >= 0.6 is 0 Å². The van der Waals surface area contributed by atoms with E-state index in [-0.39, 0.29) is 23.9 Å². The van der Waals surface area contributed by atoms with Crippen molar-refractivity contribution in [2.75, 3.05) is 23.8 Å². The normalized spacial score (nSPS) is 10.9. The summed E-state index contributed by atoms with van der Waals surface area (Å²) in [7, 11) is 0. The van der Waals surface area contributed by atoms with Gasteiger partial charge in [-0.15, -0.1) is 0 Å². The molecule has 178 valence electrons. The Hall–Kier alpha value is -3.80. The second kappa shape index (κ2) is 11.9. The quantitative estimate of drug-likeness (QED) is 0.361. The van der Waals surface area contributed by atoms with Gasteiger partial charge in [0, 0.05) is 28.5 Å². The number of benzene rings is 3. The van der Waals surface area contributed by atoms with Crippen LogP contribution in [0.1, 0.15) is 43.1 Å². The van der Waals surface area contributed by atoms with Gasteiger partial charge >= 0.3 is 0 Å². The van der Waals surface area contributed by atoms with Crippen LogP contribution in [0.15, 0.2) is 78.9 Å². The summed E-state index contributed by atoms with van der Waals surface area (Å²) in [5.41, 5.74) is 2.84. The number of hydrogen-bond donors (Lipinski definition) is 3. The summed E-state index contributed by atoms with van der Waals surface area (Å²) in [5.74, 6) is 0.376. The SMILES string of the molecule is CC(C)(C)NC(=O)c1cccc(NC(=O)CNc2cccc(OCCCc3ccccc3)c2)c1. The summed E-state index contributed by atoms with van der Waals surface area (Å²) in [6.07, 6.45) is 1.90. The zero-order valence-electron chi connectivity index (χ0n) is 20.1. The molecular weight excluding hydrogens is 426 g/mol. The van der Waals surface area contributed by atoms with E-state index in [2.05, 4.69) is 28.1 Å². The third-order valence-corrected chi connectivity index (χ3v) is 4.91. The molecule has 34 heavy (non-hydrogen) atoms. The zero-order valence-corrected chi connectivity index (χ0v) is 20.1. The van der Waals surface area contributed by atoms with Gasteiger partial charge in [0.2, 0.25) is 5.91 Å². The minimum atomic E-state index is -0.333. The summed E-state index contributed by atoms with van der Waals surface area (Å²) in [4.78, 5) is 24.8. The first-order valence-electron chi connectivity index (χ1n) is 11.5. The molecule has 0 heterocycles. The van der Waals surface area contributed by atoms with E-state index in [0.717, 1.165) is 24.3 Å². The molecule has 3 N–H and O–H groups in total. The van der Waals surface area contributed by atoms with Gasteiger partial charge < -0.3 is 20.7 Å². The molecule has 0 aliphatic rings. The summed E-state index contributed by atoms with van der Waals surface area (Å²) < 4.78 is 5.86. The lowest BCUT2D eigenvalue weighted by molar-refractivity contribution is -0.114. The summed E-state index contributed by atoms with van der Waals surface area (Å²) in [6, 6.07) is 24.8. The van der Waals surface area contributed by atoms with Gasteiger partial charge in [0.25, 0.3) is 5.91 Å². The number of carbonyl (C=O) groups is 2. The monoisotopic (exact) mass is 459 g/mol. The summed E-state index contributed by atoms with van der Waals surface area (Å²) in [6.45, 7) is 6.49. The highest BCUT2D eigenvalue weighted by Gasteiger charge is 2.15. The first-order chi connectivity index (χ1) is 16.3. The highest BCUT2D eigenvalue weighted by atomic mass is 16.5. The van der Waals surface area contributed by atoms with Crippen LogP contribution in [0.4, 0.5) is 11.4 Å². The van der Waals surface area contributed by atoms with Gasteiger partial charge in [0.05, 0.1) is 13.2 Å². The van der Waals surface area contributed by atoms with Crippen LogP contribution in [-0.2, 0) is 11.2 Å². The molecule has 0 aliphatic heterocycles. The molecule has 0 saturated carbocycles. The van der Waals surface area contributed by atoms with Gasteiger partial charge in [0.1, 0.15) is 5.75 Å². The van der Waals surface area contributed by atoms with Crippen LogP contribution in [0.25, 0.3) is 0 Å². The Labute approximate surface area is 201 Å². The first-order valence-corrected chi connectivity index (χ1v) is 11.5. The third kappa shape index (κ3) is 8.62. The highest BCUT2D eigenvalue weighted by Crippen LogP contribution is 2.18. The molecule has 0 radical (unpaired) electrons. The van der Waals surface area contributed by atoms with E-state index >= 15 is 0 Å². The standard InChI is InChI=1S/C28H33N3O3/c1-28(2,3)31-27(33)22-13-7-15-24(18-22)30-26(32)20-29-23-14-8-16-25(19-23)34-17-9-12-21-10-5-4-6-11-21/h4-8,10-11,13-16,18-19,29H,9,12,17,20H2,1-3H3,(H,30,32)(H,31,33). The van der Waals surface area contributed by atoms with E-state index in [1.54, 1.807) is 24.3 Å². The Morgan fingerprint density at radius 2 is 1.59 bits per heavy atom. The average molecular weight is 460 g/mol. The molecule has 0 bridgehead atoms. The lowest BCUT2D eigenvalue weighted by Gasteiger charge is -2.20. The fourth-order valence-electron chi connectivity index (χ4n) is 3.35. The molecule has 0 aliphatic carbocycles. The van der Waals surface area contributed by atoms with Crippen molar-refractivity contribution in [1.29, 1.82) is 0 Å². The van der Waals surface area contributed by atoms with Crippen LogP contribution < -0.4 is 20.7 Å². The minimum Gasteiger partial charge on any atom is -0.494 e. The van der Waals surface area contributed by atoms with Gasteiger partial charge in [-0.3, -0.25) is 9.59 Å². The van der Waals surface area contributed by atoms with E-state index in [4.69, 9.17) is 4.74 Å².